The van der Waals surface area contributed by atoms with Crippen LogP contribution in [0.5, 0.6) is 0 Å². The maximum absolute atomic E-state index is 12.6. The van der Waals surface area contributed by atoms with Crippen LogP contribution in [0.25, 0.3) is 21.4 Å². The first-order valence-corrected chi connectivity index (χ1v) is 8.07. The second-order valence-corrected chi connectivity index (χ2v) is 5.73. The topological polar surface area (TPSA) is 51.3 Å². The number of hydrogen-bond acceptors (Lipinski definition) is 3. The largest absolute Gasteiger partial charge is 0.361 e. The Kier molecular flexibility index (Phi) is 3.92. The van der Waals surface area contributed by atoms with Gasteiger partial charge < -0.3 is 10.2 Å². The summed E-state index contributed by atoms with van der Waals surface area (Å²) in [5.41, 5.74) is 2.26. The molecule has 0 aliphatic carbocycles. The summed E-state index contributed by atoms with van der Waals surface area (Å²) < 4.78 is 1.93. The molecule has 4 rings (SSSR count). The molecule has 26 heavy (non-hydrogen) atoms. The number of pyridine rings is 2. The Morgan fingerprint density at radius 2 is 1.65 bits per heavy atom. The molecule has 0 saturated carbocycles. The van der Waals surface area contributed by atoms with Crippen LogP contribution in [0, 0.1) is 6.57 Å². The van der Waals surface area contributed by atoms with Gasteiger partial charge in [0, 0.05) is 17.4 Å². The van der Waals surface area contributed by atoms with Crippen LogP contribution in [0.3, 0.4) is 0 Å². The van der Waals surface area contributed by atoms with E-state index in [1.807, 2.05) is 65.2 Å². The lowest BCUT2D eigenvalue weighted by atomic mass is 10.2. The van der Waals surface area contributed by atoms with E-state index < -0.39 is 0 Å². The summed E-state index contributed by atoms with van der Waals surface area (Å²) in [6, 6.07) is 22.6. The van der Waals surface area contributed by atoms with Crippen molar-refractivity contribution in [2.45, 2.75) is 0 Å². The van der Waals surface area contributed by atoms with Gasteiger partial charge in [-0.15, -0.1) is 4.98 Å². The van der Waals surface area contributed by atoms with E-state index in [1.165, 1.54) is 6.20 Å². The van der Waals surface area contributed by atoms with Crippen molar-refractivity contribution < 1.29 is 0 Å². The molecule has 0 fully saturated rings. The number of fused-ring (bicyclic) bond motifs is 1. The molecule has 0 atom stereocenters. The van der Waals surface area contributed by atoms with Crippen LogP contribution in [-0.2, 0) is 0 Å². The standard InChI is InChI=1S/C21H14N4O/c1-22-20-12-18-17(14-23-20)19(26)13-21(24-15-8-4-2-5-9-15)25(18)16-10-6-3-7-11-16/h2-14,24H. The molecular weight excluding hydrogens is 324 g/mol. The normalized spacial score (nSPS) is 10.4. The van der Waals surface area contributed by atoms with Gasteiger partial charge in [0.05, 0.1) is 10.9 Å². The van der Waals surface area contributed by atoms with E-state index in [-0.39, 0.29) is 11.2 Å². The third-order valence-corrected chi connectivity index (χ3v) is 4.06. The Morgan fingerprint density at radius 3 is 2.35 bits per heavy atom. The van der Waals surface area contributed by atoms with E-state index in [4.69, 9.17) is 6.57 Å². The van der Waals surface area contributed by atoms with Gasteiger partial charge >= 0.3 is 0 Å². The highest BCUT2D eigenvalue weighted by Crippen LogP contribution is 2.26. The Hall–Kier alpha value is -3.91. The fourth-order valence-electron chi connectivity index (χ4n) is 2.88. The molecule has 0 aliphatic heterocycles. The van der Waals surface area contributed by atoms with Crippen LogP contribution >= 0.6 is 0 Å². The minimum atomic E-state index is -0.144. The molecule has 0 spiro atoms. The van der Waals surface area contributed by atoms with Crippen molar-refractivity contribution in [2.75, 3.05) is 5.32 Å². The van der Waals surface area contributed by atoms with Crippen LogP contribution in [-0.4, -0.2) is 9.55 Å². The van der Waals surface area contributed by atoms with Gasteiger partial charge in [-0.05, 0) is 30.3 Å². The lowest BCUT2D eigenvalue weighted by Crippen LogP contribution is -2.12. The van der Waals surface area contributed by atoms with Crippen LogP contribution < -0.4 is 10.7 Å². The van der Waals surface area contributed by atoms with Crippen LogP contribution in [0.2, 0.25) is 0 Å². The first-order chi connectivity index (χ1) is 12.8. The molecule has 0 saturated heterocycles. The molecule has 0 aliphatic rings. The predicted molar refractivity (Wildman–Crippen MR) is 103 cm³/mol. The minimum absolute atomic E-state index is 0.144. The van der Waals surface area contributed by atoms with Gasteiger partial charge in [-0.3, -0.25) is 9.36 Å². The molecule has 0 amide bonds. The van der Waals surface area contributed by atoms with Gasteiger partial charge in [-0.1, -0.05) is 43.0 Å². The van der Waals surface area contributed by atoms with Gasteiger partial charge in [-0.25, -0.2) is 0 Å². The summed E-state index contributed by atoms with van der Waals surface area (Å²) in [4.78, 5) is 20.1. The fourth-order valence-corrected chi connectivity index (χ4v) is 2.88. The summed E-state index contributed by atoms with van der Waals surface area (Å²) in [6.07, 6.45) is 1.47. The summed E-state index contributed by atoms with van der Waals surface area (Å²) >= 11 is 0. The average Bonchev–Trinajstić information content (AvgIpc) is 2.69. The molecule has 2 aromatic carbocycles. The second kappa shape index (κ2) is 6.54. The fraction of sp³-hybridized carbons (Fsp3) is 0. The number of benzene rings is 2. The Bertz CT molecular complexity index is 1180. The van der Waals surface area contributed by atoms with Crippen molar-refractivity contribution in [1.82, 2.24) is 9.55 Å². The predicted octanol–water partition coefficient (Wildman–Crippen LogP) is 4.68. The number of nitrogens with one attached hydrogen (secondary N) is 1. The third-order valence-electron chi connectivity index (χ3n) is 4.06. The highest BCUT2D eigenvalue weighted by Gasteiger charge is 2.13. The number of hydrogen-bond donors (Lipinski definition) is 1. The van der Waals surface area contributed by atoms with Gasteiger partial charge in [-0.2, -0.15) is 0 Å². The zero-order valence-corrected chi connectivity index (χ0v) is 13.8. The molecule has 5 nitrogen and oxygen atoms in total. The molecule has 124 valence electrons. The molecule has 0 unspecified atom stereocenters. The summed E-state index contributed by atoms with van der Waals surface area (Å²) in [7, 11) is 0. The van der Waals surface area contributed by atoms with Crippen LogP contribution in [0.4, 0.5) is 17.3 Å². The van der Waals surface area contributed by atoms with Gasteiger partial charge in [0.15, 0.2) is 5.43 Å². The van der Waals surface area contributed by atoms with Gasteiger partial charge in [0.1, 0.15) is 12.0 Å². The van der Waals surface area contributed by atoms with Gasteiger partial charge in [0.25, 0.3) is 5.82 Å². The quantitative estimate of drug-likeness (QED) is 0.552. The van der Waals surface area contributed by atoms with Crippen molar-refractivity contribution in [1.29, 1.82) is 0 Å². The lowest BCUT2D eigenvalue weighted by molar-refractivity contribution is 1.10. The minimum Gasteiger partial charge on any atom is -0.361 e. The Morgan fingerprint density at radius 1 is 0.962 bits per heavy atom. The molecule has 2 aromatic heterocycles. The monoisotopic (exact) mass is 338 g/mol. The number of nitrogens with zero attached hydrogens (tertiary/aromatic N) is 3. The van der Waals surface area contributed by atoms with E-state index in [1.54, 1.807) is 12.1 Å². The molecule has 1 N–H and O–H groups in total. The van der Waals surface area contributed by atoms with E-state index in [0.29, 0.717) is 16.7 Å². The highest BCUT2D eigenvalue weighted by molar-refractivity contribution is 5.85. The van der Waals surface area contributed by atoms with Gasteiger partial charge in [0.2, 0.25) is 0 Å². The first-order valence-electron chi connectivity index (χ1n) is 8.07. The second-order valence-electron chi connectivity index (χ2n) is 5.73. The summed E-state index contributed by atoms with van der Waals surface area (Å²) in [5.74, 6) is 0.875. The zero-order chi connectivity index (χ0) is 17.9. The van der Waals surface area contributed by atoms with Crippen molar-refractivity contribution in [2.24, 2.45) is 0 Å². The number of aromatic nitrogens is 2. The van der Waals surface area contributed by atoms with E-state index >= 15 is 0 Å². The van der Waals surface area contributed by atoms with Crippen molar-refractivity contribution in [3.63, 3.8) is 0 Å². The van der Waals surface area contributed by atoms with Crippen LogP contribution in [0.15, 0.2) is 83.8 Å². The van der Waals surface area contributed by atoms with Crippen molar-refractivity contribution in [3.8, 4) is 5.69 Å². The third kappa shape index (κ3) is 2.80. The van der Waals surface area contributed by atoms with E-state index in [2.05, 4.69) is 15.1 Å². The Balaban J connectivity index is 2.04. The smallest absolute Gasteiger partial charge is 0.271 e. The number of para-hydroxylation sites is 2. The molecule has 0 radical (unpaired) electrons. The molecule has 4 aromatic rings. The lowest BCUT2D eigenvalue weighted by Gasteiger charge is -2.18. The first kappa shape index (κ1) is 15.6. The van der Waals surface area contributed by atoms with Crippen molar-refractivity contribution >= 4 is 28.2 Å². The molecule has 2 heterocycles. The maximum atomic E-state index is 12.6. The average molecular weight is 338 g/mol. The van der Waals surface area contributed by atoms with E-state index in [9.17, 15) is 4.79 Å². The number of rotatable bonds is 3. The maximum Gasteiger partial charge on any atom is 0.271 e. The SMILES string of the molecule is [C-]#[N+]c1cc2c(cn1)c(=O)cc(Nc1ccccc1)n2-c1ccccc1. The van der Waals surface area contributed by atoms with E-state index in [0.717, 1.165) is 11.4 Å². The zero-order valence-electron chi connectivity index (χ0n) is 13.8. The molecule has 5 heteroatoms. The van der Waals surface area contributed by atoms with Crippen molar-refractivity contribution in [3.05, 3.63) is 101 Å². The molecular formula is C21H14N4O. The summed E-state index contributed by atoms with van der Waals surface area (Å²) in [5, 5.41) is 3.78. The highest BCUT2D eigenvalue weighted by atomic mass is 16.1. The summed E-state index contributed by atoms with van der Waals surface area (Å²) in [6.45, 7) is 7.24. The molecule has 0 bridgehead atoms. The number of anilines is 2. The Labute approximate surface area is 150 Å². The van der Waals surface area contributed by atoms with Crippen LogP contribution in [0.1, 0.15) is 0 Å².